The molecule has 0 aliphatic carbocycles. The van der Waals surface area contributed by atoms with Gasteiger partial charge in [-0.1, -0.05) is 108 Å². The first-order chi connectivity index (χ1) is 20.6. The highest BCUT2D eigenvalue weighted by Gasteiger charge is 2.09. The van der Waals surface area contributed by atoms with Crippen LogP contribution in [0, 0.1) is 13.8 Å². The Morgan fingerprint density at radius 1 is 0.381 bits per heavy atom. The van der Waals surface area contributed by atoms with Crippen LogP contribution in [0.3, 0.4) is 0 Å². The van der Waals surface area contributed by atoms with Crippen molar-refractivity contribution in [1.29, 1.82) is 0 Å². The van der Waals surface area contributed by atoms with Crippen molar-refractivity contribution in [2.24, 2.45) is 0 Å². The first kappa shape index (κ1) is 26.6. The number of aryl methyl sites for hydroxylation is 2. The Kier molecular flexibility index (Phi) is 7.77. The molecular formula is C36H28N4O2. The van der Waals surface area contributed by atoms with Crippen LogP contribution < -0.4 is 0 Å². The molecule has 0 aliphatic heterocycles. The van der Waals surface area contributed by atoms with Crippen LogP contribution in [0.5, 0.6) is 0 Å². The van der Waals surface area contributed by atoms with E-state index in [2.05, 4.69) is 107 Å². The molecule has 0 spiro atoms. The molecular weight excluding hydrogens is 520 g/mol. The minimum absolute atomic E-state index is 0.345. The molecule has 6 heteroatoms. The van der Waals surface area contributed by atoms with E-state index in [0.717, 1.165) is 33.4 Å². The highest BCUT2D eigenvalue weighted by Crippen LogP contribution is 2.22. The van der Waals surface area contributed by atoms with Crippen LogP contribution in [-0.2, 0) is 0 Å². The summed E-state index contributed by atoms with van der Waals surface area (Å²) in [4.78, 5) is 0. The van der Waals surface area contributed by atoms with E-state index in [0.29, 0.717) is 23.6 Å². The van der Waals surface area contributed by atoms with E-state index in [4.69, 9.17) is 8.83 Å². The summed E-state index contributed by atoms with van der Waals surface area (Å²) >= 11 is 0. The molecule has 0 radical (unpaired) electrons. The lowest BCUT2D eigenvalue weighted by Gasteiger charge is -1.98. The quantitative estimate of drug-likeness (QED) is 0.177. The highest BCUT2D eigenvalue weighted by molar-refractivity contribution is 5.72. The highest BCUT2D eigenvalue weighted by atomic mass is 16.4. The molecule has 0 N–H and O–H groups in total. The molecule has 204 valence electrons. The number of hydrogen-bond acceptors (Lipinski definition) is 6. The molecule has 0 fully saturated rings. The van der Waals surface area contributed by atoms with E-state index < -0.39 is 0 Å². The molecule has 6 nitrogen and oxygen atoms in total. The van der Waals surface area contributed by atoms with Gasteiger partial charge in [0.1, 0.15) is 0 Å². The molecule has 0 amide bonds. The second kappa shape index (κ2) is 12.3. The van der Waals surface area contributed by atoms with E-state index >= 15 is 0 Å². The summed E-state index contributed by atoms with van der Waals surface area (Å²) in [6, 6.07) is 32.8. The van der Waals surface area contributed by atoms with Crippen molar-refractivity contribution in [1.82, 2.24) is 20.4 Å². The first-order valence-electron chi connectivity index (χ1n) is 13.6. The van der Waals surface area contributed by atoms with Crippen LogP contribution in [0.25, 0.3) is 59.4 Å². The van der Waals surface area contributed by atoms with E-state index in [1.54, 1.807) is 12.2 Å². The third-order valence-electron chi connectivity index (χ3n) is 6.66. The van der Waals surface area contributed by atoms with Crippen molar-refractivity contribution in [3.63, 3.8) is 0 Å². The van der Waals surface area contributed by atoms with Gasteiger partial charge in [0, 0.05) is 23.3 Å². The second-order valence-electron chi connectivity index (χ2n) is 9.96. The second-order valence-corrected chi connectivity index (χ2v) is 9.96. The zero-order chi connectivity index (χ0) is 28.7. The molecule has 6 rings (SSSR count). The van der Waals surface area contributed by atoms with Gasteiger partial charge in [0.2, 0.25) is 23.6 Å². The minimum Gasteiger partial charge on any atom is -0.417 e. The van der Waals surface area contributed by atoms with E-state index in [1.165, 1.54) is 11.1 Å². The Morgan fingerprint density at radius 3 is 1.02 bits per heavy atom. The summed E-state index contributed by atoms with van der Waals surface area (Å²) < 4.78 is 11.6. The van der Waals surface area contributed by atoms with Gasteiger partial charge in [0.15, 0.2) is 0 Å². The van der Waals surface area contributed by atoms with Crippen LogP contribution in [0.4, 0.5) is 0 Å². The van der Waals surface area contributed by atoms with Crippen molar-refractivity contribution >= 4 is 36.5 Å². The molecule has 2 aromatic heterocycles. The van der Waals surface area contributed by atoms with Gasteiger partial charge in [0.05, 0.1) is 0 Å². The number of hydrogen-bond donors (Lipinski definition) is 0. The van der Waals surface area contributed by atoms with Crippen LogP contribution in [0.15, 0.2) is 106 Å². The number of nitrogens with zero attached hydrogens (tertiary/aromatic N) is 4. The van der Waals surface area contributed by atoms with Gasteiger partial charge < -0.3 is 8.83 Å². The number of rotatable bonds is 8. The Balaban J connectivity index is 1.06. The summed E-state index contributed by atoms with van der Waals surface area (Å²) in [5.74, 6) is 1.56. The van der Waals surface area contributed by atoms with Gasteiger partial charge in [0.25, 0.3) is 0 Å². The first-order valence-corrected chi connectivity index (χ1v) is 13.6. The van der Waals surface area contributed by atoms with Gasteiger partial charge in [-0.3, -0.25) is 0 Å². The molecule has 0 unspecified atom stereocenters. The third-order valence-corrected chi connectivity index (χ3v) is 6.66. The van der Waals surface area contributed by atoms with Gasteiger partial charge >= 0.3 is 0 Å². The van der Waals surface area contributed by atoms with Gasteiger partial charge in [-0.15, -0.1) is 20.4 Å². The van der Waals surface area contributed by atoms with Crippen molar-refractivity contribution in [3.8, 4) is 22.9 Å². The third kappa shape index (κ3) is 6.74. The molecule has 0 saturated carbocycles. The largest absolute Gasteiger partial charge is 0.417 e. The summed E-state index contributed by atoms with van der Waals surface area (Å²) in [7, 11) is 0. The van der Waals surface area contributed by atoms with Crippen LogP contribution in [-0.4, -0.2) is 20.4 Å². The van der Waals surface area contributed by atoms with Crippen molar-refractivity contribution in [2.75, 3.05) is 0 Å². The smallest absolute Gasteiger partial charge is 0.248 e. The minimum atomic E-state index is 0.345. The summed E-state index contributed by atoms with van der Waals surface area (Å²) in [5, 5.41) is 16.6. The van der Waals surface area contributed by atoms with Gasteiger partial charge in [-0.05, 0) is 60.4 Å². The topological polar surface area (TPSA) is 77.8 Å². The monoisotopic (exact) mass is 548 g/mol. The summed E-state index contributed by atoms with van der Waals surface area (Å²) in [5.41, 5.74) is 8.66. The van der Waals surface area contributed by atoms with E-state index in [1.807, 2.05) is 48.5 Å². The zero-order valence-corrected chi connectivity index (χ0v) is 23.3. The predicted octanol–water partition coefficient (Wildman–Crippen LogP) is 8.91. The van der Waals surface area contributed by atoms with Crippen molar-refractivity contribution in [2.45, 2.75) is 13.8 Å². The van der Waals surface area contributed by atoms with E-state index in [-0.39, 0.29) is 0 Å². The summed E-state index contributed by atoms with van der Waals surface area (Å²) in [6.45, 7) is 4.17. The maximum Gasteiger partial charge on any atom is 0.248 e. The van der Waals surface area contributed by atoms with Crippen molar-refractivity contribution in [3.05, 3.63) is 142 Å². The molecule has 42 heavy (non-hydrogen) atoms. The summed E-state index contributed by atoms with van der Waals surface area (Å²) in [6.07, 6.45) is 11.7. The van der Waals surface area contributed by atoms with Crippen LogP contribution in [0.1, 0.15) is 45.2 Å². The molecule has 0 aliphatic rings. The maximum atomic E-state index is 5.81. The van der Waals surface area contributed by atoms with Crippen molar-refractivity contribution < 1.29 is 8.83 Å². The van der Waals surface area contributed by atoms with Crippen LogP contribution in [0.2, 0.25) is 0 Å². The maximum absolute atomic E-state index is 5.81. The number of benzene rings is 4. The molecule has 4 aromatic carbocycles. The van der Waals surface area contributed by atoms with Gasteiger partial charge in [-0.2, -0.15) is 0 Å². The molecule has 0 bridgehead atoms. The Morgan fingerprint density at radius 2 is 0.690 bits per heavy atom. The van der Waals surface area contributed by atoms with E-state index in [9.17, 15) is 0 Å². The average Bonchev–Trinajstić information content (AvgIpc) is 3.70. The zero-order valence-electron chi connectivity index (χ0n) is 23.3. The normalized spacial score (nSPS) is 11.8. The number of aromatic nitrogens is 4. The Bertz CT molecular complexity index is 1720. The molecule has 0 saturated heterocycles. The standard InChI is InChI=1S/C36H28N4O2/c1-25-3-7-27(8-4-25)11-13-29-15-19-31(20-16-29)35-39-37-33(41-35)23-24-34-38-40-36(42-34)32-21-17-30(18-22-32)14-12-28-9-5-26(2)6-10-28/h3-24H,1-2H3/b13-11+,14-12+,24-23+. The fourth-order valence-electron chi connectivity index (χ4n) is 4.19. The lowest BCUT2D eigenvalue weighted by molar-refractivity contribution is 0.552. The average molecular weight is 549 g/mol. The fraction of sp³-hybridized carbons (Fsp3) is 0.0556. The SMILES string of the molecule is Cc1ccc(/C=C/c2ccc(-c3nnc(/C=C/c4nnc(-c5ccc(/C=C/c6ccc(C)cc6)cc5)o4)o3)cc2)cc1. The lowest BCUT2D eigenvalue weighted by atomic mass is 10.1. The fourth-order valence-corrected chi connectivity index (χ4v) is 4.19. The molecule has 2 heterocycles. The predicted molar refractivity (Wildman–Crippen MR) is 169 cm³/mol. The van der Waals surface area contributed by atoms with Gasteiger partial charge in [-0.25, -0.2) is 0 Å². The Labute approximate surface area is 244 Å². The van der Waals surface area contributed by atoms with Crippen LogP contribution >= 0.6 is 0 Å². The lowest BCUT2D eigenvalue weighted by Crippen LogP contribution is -1.79. The Hall–Kier alpha value is -5.62. The molecule has 0 atom stereocenters. The molecule has 6 aromatic rings.